The largest absolute Gasteiger partial charge is 0.481 e. The number of nitrogens with zero attached hydrogens (tertiary/aromatic N) is 1. The minimum atomic E-state index is -0.812. The van der Waals surface area contributed by atoms with Crippen LogP contribution in [0.3, 0.4) is 0 Å². The molecule has 0 bridgehead atoms. The Hall–Kier alpha value is -1.30. The van der Waals surface area contributed by atoms with Crippen LogP contribution in [-0.2, 0) is 4.79 Å². The lowest BCUT2D eigenvalue weighted by Crippen LogP contribution is -2.24. The summed E-state index contributed by atoms with van der Waals surface area (Å²) < 4.78 is 0. The predicted molar refractivity (Wildman–Crippen MR) is 34.1 cm³/mol. The van der Waals surface area contributed by atoms with Gasteiger partial charge in [-0.05, 0) is 18.4 Å². The zero-order valence-corrected chi connectivity index (χ0v) is 5.37. The first-order valence-corrected chi connectivity index (χ1v) is 3.07. The first-order chi connectivity index (χ1) is 4.75. The fourth-order valence-electron chi connectivity index (χ4n) is 0.993. The van der Waals surface area contributed by atoms with Crippen LogP contribution in [0.2, 0.25) is 0 Å². The minimum absolute atomic E-state index is 0.375. The molecule has 1 N–H and O–H groups in total. The highest BCUT2D eigenvalue weighted by Gasteiger charge is 2.30. The lowest BCUT2D eigenvalue weighted by atomic mass is 9.79. The van der Waals surface area contributed by atoms with Gasteiger partial charge in [-0.15, -0.1) is 0 Å². The second-order valence-corrected chi connectivity index (χ2v) is 2.28. The number of carboxylic acid groups (broad SMARTS) is 1. The number of carboxylic acids is 1. The molecule has 0 amide bonds. The van der Waals surface area contributed by atoms with Crippen LogP contribution in [0.25, 0.3) is 0 Å². The van der Waals surface area contributed by atoms with Gasteiger partial charge >= 0.3 is 5.97 Å². The highest BCUT2D eigenvalue weighted by Crippen LogP contribution is 2.33. The monoisotopic (exact) mass is 137 g/mol. The average molecular weight is 137 g/mol. The van der Waals surface area contributed by atoms with Crippen LogP contribution in [0, 0.1) is 17.2 Å². The molecule has 0 heterocycles. The number of aliphatic carboxylic acids is 1. The first-order valence-electron chi connectivity index (χ1n) is 3.07. The molecule has 0 radical (unpaired) electrons. The summed E-state index contributed by atoms with van der Waals surface area (Å²) in [6.07, 6.45) is 2.79. The summed E-state index contributed by atoms with van der Waals surface area (Å²) in [5.74, 6) is -1.19. The molecule has 10 heavy (non-hydrogen) atoms. The van der Waals surface area contributed by atoms with E-state index in [9.17, 15) is 4.79 Å². The van der Waals surface area contributed by atoms with Gasteiger partial charge in [0.05, 0.1) is 12.0 Å². The van der Waals surface area contributed by atoms with Crippen LogP contribution in [0.4, 0.5) is 0 Å². The van der Waals surface area contributed by atoms with Gasteiger partial charge < -0.3 is 5.11 Å². The molecule has 1 aliphatic rings. The Labute approximate surface area is 58.6 Å². The fourth-order valence-corrected chi connectivity index (χ4v) is 0.993. The van der Waals surface area contributed by atoms with Crippen molar-refractivity contribution >= 4 is 5.97 Å². The van der Waals surface area contributed by atoms with E-state index in [1.54, 1.807) is 0 Å². The third-order valence-electron chi connectivity index (χ3n) is 1.72. The zero-order valence-electron chi connectivity index (χ0n) is 5.37. The van der Waals surface area contributed by atoms with E-state index in [-0.39, 0.29) is 5.92 Å². The van der Waals surface area contributed by atoms with E-state index in [1.165, 1.54) is 6.08 Å². The van der Waals surface area contributed by atoms with Gasteiger partial charge in [0.2, 0.25) is 0 Å². The summed E-state index contributed by atoms with van der Waals surface area (Å²) in [7, 11) is 0. The van der Waals surface area contributed by atoms with E-state index in [0.29, 0.717) is 6.42 Å². The van der Waals surface area contributed by atoms with Crippen molar-refractivity contribution in [2.75, 3.05) is 0 Å². The van der Waals surface area contributed by atoms with Gasteiger partial charge in [0.1, 0.15) is 0 Å². The Balaban J connectivity index is 2.62. The van der Waals surface area contributed by atoms with Gasteiger partial charge in [-0.2, -0.15) is 5.26 Å². The van der Waals surface area contributed by atoms with Crippen molar-refractivity contribution in [1.29, 1.82) is 5.26 Å². The molecule has 52 valence electrons. The summed E-state index contributed by atoms with van der Waals surface area (Å²) in [5.41, 5.74) is 0.759. The lowest BCUT2D eigenvalue weighted by molar-refractivity contribution is -0.141. The molecule has 0 spiro atoms. The summed E-state index contributed by atoms with van der Waals surface area (Å²) >= 11 is 0. The second kappa shape index (κ2) is 2.53. The van der Waals surface area contributed by atoms with Gasteiger partial charge in [-0.1, -0.05) is 0 Å². The molecule has 1 saturated carbocycles. The van der Waals surface area contributed by atoms with E-state index in [4.69, 9.17) is 10.4 Å². The molecule has 0 aromatic rings. The molecule has 0 aliphatic heterocycles. The van der Waals surface area contributed by atoms with Crippen molar-refractivity contribution in [3.05, 3.63) is 11.6 Å². The quantitative estimate of drug-likeness (QED) is 0.547. The van der Waals surface area contributed by atoms with Gasteiger partial charge in [-0.3, -0.25) is 4.79 Å². The molecule has 1 unspecified atom stereocenters. The van der Waals surface area contributed by atoms with Crippen LogP contribution in [0.1, 0.15) is 12.8 Å². The summed E-state index contributed by atoms with van der Waals surface area (Å²) in [6.45, 7) is 0. The molecule has 0 aromatic carbocycles. The maximum absolute atomic E-state index is 10.3. The van der Waals surface area contributed by atoms with Crippen molar-refractivity contribution < 1.29 is 9.90 Å². The number of carbonyl (C=O) groups is 1. The van der Waals surface area contributed by atoms with Crippen LogP contribution in [0.15, 0.2) is 11.6 Å². The molecular formula is C7H7NO2. The molecule has 1 rings (SSSR count). The fraction of sp³-hybridized carbons (Fsp3) is 0.429. The number of allylic oxidation sites excluding steroid dienone is 1. The van der Waals surface area contributed by atoms with Crippen LogP contribution >= 0.6 is 0 Å². The van der Waals surface area contributed by atoms with E-state index >= 15 is 0 Å². The highest BCUT2D eigenvalue weighted by molar-refractivity contribution is 5.75. The van der Waals surface area contributed by atoms with Crippen molar-refractivity contribution in [1.82, 2.24) is 0 Å². The summed E-state index contributed by atoms with van der Waals surface area (Å²) in [5, 5.41) is 16.7. The summed E-state index contributed by atoms with van der Waals surface area (Å²) in [6, 6.07) is 1.83. The smallest absolute Gasteiger partial charge is 0.310 e. The van der Waals surface area contributed by atoms with Crippen LogP contribution in [0.5, 0.6) is 0 Å². The van der Waals surface area contributed by atoms with Gasteiger partial charge in [0.15, 0.2) is 0 Å². The SMILES string of the molecule is N#CC=C1CCC1C(=O)O. The van der Waals surface area contributed by atoms with Gasteiger partial charge in [-0.25, -0.2) is 0 Å². The number of hydrogen-bond acceptors (Lipinski definition) is 2. The topological polar surface area (TPSA) is 61.1 Å². The van der Waals surface area contributed by atoms with E-state index in [1.807, 2.05) is 6.07 Å². The molecule has 1 aliphatic carbocycles. The Kier molecular flexibility index (Phi) is 1.72. The molecule has 3 heteroatoms. The predicted octanol–water partition coefficient (Wildman–Crippen LogP) is 0.931. The lowest BCUT2D eigenvalue weighted by Gasteiger charge is -2.24. The molecule has 0 aromatic heterocycles. The van der Waals surface area contributed by atoms with Crippen molar-refractivity contribution in [2.45, 2.75) is 12.8 Å². The standard InChI is InChI=1S/C7H7NO2/c8-4-3-5-1-2-6(5)7(9)10/h3,6H,1-2H2,(H,9,10). The second-order valence-electron chi connectivity index (χ2n) is 2.28. The molecule has 3 nitrogen and oxygen atoms in total. The maximum atomic E-state index is 10.3. The molecule has 0 saturated heterocycles. The molecule has 1 atom stereocenters. The number of hydrogen-bond donors (Lipinski definition) is 1. The van der Waals surface area contributed by atoms with Crippen LogP contribution in [-0.4, -0.2) is 11.1 Å². The average Bonchev–Trinajstić information content (AvgIpc) is 1.78. The van der Waals surface area contributed by atoms with Gasteiger partial charge in [0.25, 0.3) is 0 Å². The van der Waals surface area contributed by atoms with Crippen molar-refractivity contribution in [3.63, 3.8) is 0 Å². The first kappa shape index (κ1) is 6.81. The number of rotatable bonds is 1. The van der Waals surface area contributed by atoms with Crippen LogP contribution < -0.4 is 0 Å². The highest BCUT2D eigenvalue weighted by atomic mass is 16.4. The maximum Gasteiger partial charge on any atom is 0.310 e. The summed E-state index contributed by atoms with van der Waals surface area (Å²) in [4.78, 5) is 10.3. The van der Waals surface area contributed by atoms with Crippen molar-refractivity contribution in [3.8, 4) is 6.07 Å². The van der Waals surface area contributed by atoms with E-state index < -0.39 is 5.97 Å². The Morgan fingerprint density at radius 2 is 2.60 bits per heavy atom. The Bertz CT molecular complexity index is 224. The third-order valence-corrected chi connectivity index (χ3v) is 1.72. The Morgan fingerprint density at radius 1 is 1.90 bits per heavy atom. The van der Waals surface area contributed by atoms with E-state index in [2.05, 4.69) is 0 Å². The third kappa shape index (κ3) is 1.01. The molecular weight excluding hydrogens is 130 g/mol. The van der Waals surface area contributed by atoms with Crippen molar-refractivity contribution in [2.24, 2.45) is 5.92 Å². The number of nitriles is 1. The van der Waals surface area contributed by atoms with E-state index in [0.717, 1.165) is 12.0 Å². The van der Waals surface area contributed by atoms with Gasteiger partial charge in [0, 0.05) is 6.08 Å². The Morgan fingerprint density at radius 3 is 2.90 bits per heavy atom. The normalized spacial score (nSPS) is 27.1. The zero-order chi connectivity index (χ0) is 7.56. The minimum Gasteiger partial charge on any atom is -0.481 e. The molecule has 1 fully saturated rings.